The highest BCUT2D eigenvalue weighted by atomic mass is 35.5. The number of nitro benzene ring substituents is 1. The zero-order valence-corrected chi connectivity index (χ0v) is 13.0. The maximum atomic E-state index is 12.6. The Morgan fingerprint density at radius 1 is 1.50 bits per heavy atom. The predicted molar refractivity (Wildman–Crippen MR) is 82.5 cm³/mol. The number of hydrogen-bond acceptors (Lipinski definition) is 5. The fourth-order valence-electron chi connectivity index (χ4n) is 2.24. The van der Waals surface area contributed by atoms with Gasteiger partial charge in [0, 0.05) is 30.2 Å². The van der Waals surface area contributed by atoms with Crippen LogP contribution in [0.2, 0.25) is 5.02 Å². The predicted octanol–water partition coefficient (Wildman–Crippen LogP) is 2.28. The van der Waals surface area contributed by atoms with Gasteiger partial charge >= 0.3 is 5.97 Å². The van der Waals surface area contributed by atoms with Crippen molar-refractivity contribution in [3.8, 4) is 0 Å². The van der Waals surface area contributed by atoms with Crippen LogP contribution >= 0.6 is 23.4 Å². The number of rotatable bonds is 4. The Morgan fingerprint density at radius 3 is 2.82 bits per heavy atom. The minimum atomic E-state index is -0.972. The molecule has 2 rings (SSSR count). The van der Waals surface area contributed by atoms with E-state index >= 15 is 0 Å². The van der Waals surface area contributed by atoms with Crippen molar-refractivity contribution in [1.29, 1.82) is 0 Å². The van der Waals surface area contributed by atoms with E-state index in [1.807, 2.05) is 0 Å². The number of nitrogens with zero attached hydrogens (tertiary/aromatic N) is 2. The van der Waals surface area contributed by atoms with Crippen molar-refractivity contribution in [2.45, 2.75) is 12.5 Å². The zero-order valence-electron chi connectivity index (χ0n) is 11.4. The second-order valence-electron chi connectivity index (χ2n) is 4.75. The molecule has 7 nitrogen and oxygen atoms in total. The summed E-state index contributed by atoms with van der Waals surface area (Å²) in [4.78, 5) is 35.1. The van der Waals surface area contributed by atoms with Crippen molar-refractivity contribution in [1.82, 2.24) is 4.90 Å². The molecule has 1 saturated heterocycles. The van der Waals surface area contributed by atoms with Gasteiger partial charge in [-0.25, -0.2) is 0 Å². The molecule has 9 heteroatoms. The number of nitro groups is 1. The largest absolute Gasteiger partial charge is 0.481 e. The molecule has 1 aliphatic rings. The third-order valence-corrected chi connectivity index (χ3v) is 4.70. The van der Waals surface area contributed by atoms with Crippen molar-refractivity contribution >= 4 is 40.9 Å². The van der Waals surface area contributed by atoms with Crippen LogP contribution in [0.25, 0.3) is 0 Å². The maximum absolute atomic E-state index is 12.6. The van der Waals surface area contributed by atoms with Gasteiger partial charge in [0.15, 0.2) is 0 Å². The number of hydrogen-bond donors (Lipinski definition) is 1. The number of carboxylic acids is 1. The lowest BCUT2D eigenvalue weighted by Crippen LogP contribution is -2.47. The number of carboxylic acid groups (broad SMARTS) is 1. The van der Waals surface area contributed by atoms with Crippen molar-refractivity contribution < 1.29 is 19.6 Å². The number of halogens is 1. The van der Waals surface area contributed by atoms with Gasteiger partial charge < -0.3 is 10.0 Å². The molecule has 1 unspecified atom stereocenters. The number of non-ortho nitro benzene ring substituents is 1. The molecule has 0 spiro atoms. The third-order valence-electron chi connectivity index (χ3n) is 3.29. The van der Waals surface area contributed by atoms with Gasteiger partial charge in [-0.1, -0.05) is 11.6 Å². The molecule has 1 aromatic rings. The standard InChI is InChI=1S/C13H13ClN2O5S/c14-11-5-8(16(20)21)1-2-10(11)13(19)15-3-4-22-7-9(15)6-12(17)18/h1-2,5,9H,3-4,6-7H2,(H,17,18). The first kappa shape index (κ1) is 16.6. The summed E-state index contributed by atoms with van der Waals surface area (Å²) in [7, 11) is 0. The highest BCUT2D eigenvalue weighted by Crippen LogP contribution is 2.27. The number of carbonyl (C=O) groups is 2. The van der Waals surface area contributed by atoms with E-state index in [-0.39, 0.29) is 22.7 Å². The molecule has 1 heterocycles. The van der Waals surface area contributed by atoms with Crippen LogP contribution in [0, 0.1) is 10.1 Å². The second-order valence-corrected chi connectivity index (χ2v) is 6.30. The summed E-state index contributed by atoms with van der Waals surface area (Å²) < 4.78 is 0. The van der Waals surface area contributed by atoms with Crippen molar-refractivity contribution in [3.63, 3.8) is 0 Å². The fraction of sp³-hybridized carbons (Fsp3) is 0.385. The lowest BCUT2D eigenvalue weighted by molar-refractivity contribution is -0.384. The number of benzene rings is 1. The number of thioether (sulfide) groups is 1. The van der Waals surface area contributed by atoms with E-state index in [9.17, 15) is 19.7 Å². The lowest BCUT2D eigenvalue weighted by Gasteiger charge is -2.34. The van der Waals surface area contributed by atoms with Crippen molar-refractivity contribution in [2.75, 3.05) is 18.1 Å². The summed E-state index contributed by atoms with van der Waals surface area (Å²) in [5, 5.41) is 19.6. The summed E-state index contributed by atoms with van der Waals surface area (Å²) in [5.41, 5.74) is -0.0487. The van der Waals surface area contributed by atoms with Crippen LogP contribution in [-0.2, 0) is 4.79 Å². The van der Waals surface area contributed by atoms with Gasteiger partial charge in [0.25, 0.3) is 11.6 Å². The van der Waals surface area contributed by atoms with E-state index in [0.29, 0.717) is 18.1 Å². The zero-order chi connectivity index (χ0) is 16.3. The first-order valence-corrected chi connectivity index (χ1v) is 7.98. The normalized spacial score (nSPS) is 18.0. The second kappa shape index (κ2) is 6.97. The topological polar surface area (TPSA) is 101 Å². The van der Waals surface area contributed by atoms with Gasteiger partial charge in [-0.15, -0.1) is 0 Å². The molecule has 0 radical (unpaired) electrons. The molecule has 118 valence electrons. The van der Waals surface area contributed by atoms with Gasteiger partial charge in [-0.2, -0.15) is 11.8 Å². The minimum Gasteiger partial charge on any atom is -0.481 e. The molecule has 1 atom stereocenters. The third kappa shape index (κ3) is 3.69. The summed E-state index contributed by atoms with van der Waals surface area (Å²) in [6, 6.07) is 3.24. The average Bonchev–Trinajstić information content (AvgIpc) is 2.46. The summed E-state index contributed by atoms with van der Waals surface area (Å²) in [6.45, 7) is 0.425. The van der Waals surface area contributed by atoms with E-state index < -0.39 is 22.8 Å². The van der Waals surface area contributed by atoms with Gasteiger partial charge in [0.2, 0.25) is 0 Å². The average molecular weight is 345 g/mol. The number of carbonyl (C=O) groups excluding carboxylic acids is 1. The Morgan fingerprint density at radius 2 is 2.23 bits per heavy atom. The highest BCUT2D eigenvalue weighted by molar-refractivity contribution is 7.99. The summed E-state index contributed by atoms with van der Waals surface area (Å²) in [5.74, 6) is -0.110. The molecule has 0 aromatic heterocycles. The van der Waals surface area contributed by atoms with E-state index in [1.165, 1.54) is 17.0 Å². The Hall–Kier alpha value is -1.80. The minimum absolute atomic E-state index is 0.00787. The molecular formula is C13H13ClN2O5S. The lowest BCUT2D eigenvalue weighted by atomic mass is 10.1. The Kier molecular flexibility index (Phi) is 5.25. The van der Waals surface area contributed by atoms with E-state index in [1.54, 1.807) is 11.8 Å². The van der Waals surface area contributed by atoms with Crippen molar-refractivity contribution in [3.05, 3.63) is 38.9 Å². The van der Waals surface area contributed by atoms with Crippen LogP contribution in [0.15, 0.2) is 18.2 Å². The maximum Gasteiger partial charge on any atom is 0.305 e. The molecule has 1 aromatic carbocycles. The van der Waals surface area contributed by atoms with E-state index in [0.717, 1.165) is 6.07 Å². The van der Waals surface area contributed by atoms with Crippen molar-refractivity contribution in [2.24, 2.45) is 0 Å². The van der Waals surface area contributed by atoms with Crippen LogP contribution in [0.5, 0.6) is 0 Å². The number of amides is 1. The summed E-state index contributed by atoms with van der Waals surface area (Å²) in [6.07, 6.45) is -0.136. The van der Waals surface area contributed by atoms with Gasteiger partial charge in [-0.3, -0.25) is 19.7 Å². The van der Waals surface area contributed by atoms with Gasteiger partial charge in [0.1, 0.15) is 0 Å². The molecule has 22 heavy (non-hydrogen) atoms. The first-order valence-electron chi connectivity index (χ1n) is 6.44. The van der Waals surface area contributed by atoms with Gasteiger partial charge in [0.05, 0.1) is 28.0 Å². The molecule has 1 aliphatic heterocycles. The first-order chi connectivity index (χ1) is 10.4. The Labute approximate surface area is 135 Å². The van der Waals surface area contributed by atoms with E-state index in [4.69, 9.17) is 16.7 Å². The molecule has 0 aliphatic carbocycles. The molecule has 1 N–H and O–H groups in total. The van der Waals surface area contributed by atoms with Crippen LogP contribution < -0.4 is 0 Å². The molecule has 1 amide bonds. The van der Waals surface area contributed by atoms with Crippen LogP contribution in [-0.4, -0.2) is 50.9 Å². The molecular weight excluding hydrogens is 332 g/mol. The van der Waals surface area contributed by atoms with Crippen LogP contribution in [0.3, 0.4) is 0 Å². The molecule has 0 saturated carbocycles. The number of aliphatic carboxylic acids is 1. The smallest absolute Gasteiger partial charge is 0.305 e. The SMILES string of the molecule is O=C(O)CC1CSCCN1C(=O)c1ccc([N+](=O)[O-])cc1Cl. The van der Waals surface area contributed by atoms with E-state index in [2.05, 4.69) is 0 Å². The quantitative estimate of drug-likeness (QED) is 0.664. The Balaban J connectivity index is 2.25. The van der Waals surface area contributed by atoms with Gasteiger partial charge in [-0.05, 0) is 6.07 Å². The molecule has 1 fully saturated rings. The highest BCUT2D eigenvalue weighted by Gasteiger charge is 2.30. The van der Waals surface area contributed by atoms with Crippen LogP contribution in [0.4, 0.5) is 5.69 Å². The summed E-state index contributed by atoms with van der Waals surface area (Å²) >= 11 is 7.56. The fourth-order valence-corrected chi connectivity index (χ4v) is 3.56. The monoisotopic (exact) mass is 344 g/mol. The Bertz CT molecular complexity index is 624. The van der Waals surface area contributed by atoms with Crippen LogP contribution in [0.1, 0.15) is 16.8 Å². The molecule has 0 bridgehead atoms.